The summed E-state index contributed by atoms with van der Waals surface area (Å²) >= 11 is 3.04. The van der Waals surface area contributed by atoms with Crippen LogP contribution in [-0.2, 0) is 14.8 Å². The first-order chi connectivity index (χ1) is 14.3. The van der Waals surface area contributed by atoms with Gasteiger partial charge in [-0.25, -0.2) is 13.6 Å². The fourth-order valence-corrected chi connectivity index (χ4v) is 2.87. The van der Waals surface area contributed by atoms with Crippen LogP contribution >= 0.6 is 15.9 Å². The summed E-state index contributed by atoms with van der Waals surface area (Å²) in [7, 11) is -3.79. The Labute approximate surface area is 180 Å². The Hall–Kier alpha value is -3.29. The number of rotatable bonds is 8. The first kappa shape index (κ1) is 21.4. The Morgan fingerprint density at radius 3 is 1.93 bits per heavy atom. The van der Waals surface area contributed by atoms with Crippen LogP contribution in [0.15, 0.2) is 59.5 Å². The maximum absolute atomic E-state index is 11.5. The molecule has 0 spiro atoms. The van der Waals surface area contributed by atoms with Crippen molar-refractivity contribution in [2.75, 3.05) is 21.4 Å². The molecule has 0 aliphatic carbocycles. The minimum absolute atomic E-state index is 0.0185. The van der Waals surface area contributed by atoms with Crippen molar-refractivity contribution in [3.05, 3.63) is 54.6 Å². The molecule has 0 unspecified atom stereocenters. The first-order valence-corrected chi connectivity index (χ1v) is 11.1. The maximum atomic E-state index is 11.5. The van der Waals surface area contributed by atoms with Gasteiger partial charge in [0, 0.05) is 11.4 Å². The third kappa shape index (κ3) is 6.10. The number of halogens is 1. The highest BCUT2D eigenvalue weighted by atomic mass is 79.9. The van der Waals surface area contributed by atoms with Gasteiger partial charge in [-0.15, -0.1) is 0 Å². The van der Waals surface area contributed by atoms with Crippen molar-refractivity contribution < 1.29 is 13.2 Å². The number of aromatic nitrogens is 3. The van der Waals surface area contributed by atoms with Gasteiger partial charge in [-0.05, 0) is 36.4 Å². The van der Waals surface area contributed by atoms with E-state index >= 15 is 0 Å². The van der Waals surface area contributed by atoms with Crippen LogP contribution in [0, 0.1) is 0 Å². The third-order valence-electron chi connectivity index (χ3n) is 3.54. The molecule has 3 rings (SSSR count). The lowest BCUT2D eigenvalue weighted by Crippen LogP contribution is -2.31. The number of nitrogens with zero attached hydrogens (tertiary/aromatic N) is 3. The molecule has 30 heavy (non-hydrogen) atoms. The predicted molar refractivity (Wildman–Crippen MR) is 116 cm³/mol. The maximum Gasteiger partial charge on any atom is 0.249 e. The number of alkyl halides is 1. The summed E-state index contributed by atoms with van der Waals surface area (Å²) in [5, 5.41) is 11.2. The zero-order chi connectivity index (χ0) is 21.6. The highest BCUT2D eigenvalue weighted by Gasteiger charge is 2.10. The Morgan fingerprint density at radius 1 is 0.867 bits per heavy atom. The molecule has 0 bridgehead atoms. The number of primary sulfonamides is 1. The molecule has 2 aromatic carbocycles. The summed E-state index contributed by atoms with van der Waals surface area (Å²) in [6.07, 6.45) is 0. The van der Waals surface area contributed by atoms with Crippen molar-refractivity contribution in [1.29, 1.82) is 0 Å². The van der Waals surface area contributed by atoms with Gasteiger partial charge in [0.05, 0.1) is 10.2 Å². The molecule has 11 nitrogen and oxygen atoms in total. The highest BCUT2D eigenvalue weighted by molar-refractivity contribution is 9.09. The first-order valence-electron chi connectivity index (χ1n) is 8.42. The number of amides is 1. The van der Waals surface area contributed by atoms with Crippen LogP contribution in [0.4, 0.5) is 29.2 Å². The molecule has 0 saturated carbocycles. The largest absolute Gasteiger partial charge is 0.324 e. The van der Waals surface area contributed by atoms with E-state index in [9.17, 15) is 13.2 Å². The van der Waals surface area contributed by atoms with Crippen LogP contribution in [0.2, 0.25) is 0 Å². The minimum atomic E-state index is -3.79. The van der Waals surface area contributed by atoms with Gasteiger partial charge >= 0.3 is 0 Å². The SMILES string of the molecule is NS(=O)(=O)c1ccc(Nc2nc(NNC(=O)CBr)nc(Nc3ccccc3)n2)cc1. The van der Waals surface area contributed by atoms with Gasteiger partial charge in [-0.3, -0.25) is 15.6 Å². The van der Waals surface area contributed by atoms with E-state index in [4.69, 9.17) is 5.14 Å². The van der Waals surface area contributed by atoms with Crippen molar-refractivity contribution in [3.8, 4) is 0 Å². The molecule has 0 aliphatic heterocycles. The van der Waals surface area contributed by atoms with Crippen LogP contribution in [0.5, 0.6) is 0 Å². The van der Waals surface area contributed by atoms with Crippen molar-refractivity contribution in [1.82, 2.24) is 20.4 Å². The molecule has 6 N–H and O–H groups in total. The predicted octanol–water partition coefficient (Wildman–Crippen LogP) is 1.84. The Morgan fingerprint density at radius 2 is 1.40 bits per heavy atom. The van der Waals surface area contributed by atoms with Crippen molar-refractivity contribution in [2.45, 2.75) is 4.90 Å². The zero-order valence-electron chi connectivity index (χ0n) is 15.3. The minimum Gasteiger partial charge on any atom is -0.324 e. The van der Waals surface area contributed by atoms with Gasteiger partial charge in [-0.2, -0.15) is 15.0 Å². The molecule has 3 aromatic rings. The Balaban J connectivity index is 1.85. The van der Waals surface area contributed by atoms with Crippen molar-refractivity contribution in [2.24, 2.45) is 5.14 Å². The molecule has 1 aromatic heterocycles. The van der Waals surface area contributed by atoms with E-state index in [0.29, 0.717) is 5.69 Å². The summed E-state index contributed by atoms with van der Waals surface area (Å²) in [5.74, 6) is 0.139. The van der Waals surface area contributed by atoms with E-state index in [1.54, 1.807) is 0 Å². The van der Waals surface area contributed by atoms with Crippen LogP contribution < -0.4 is 26.6 Å². The molecule has 1 heterocycles. The number of hydrazine groups is 1. The smallest absolute Gasteiger partial charge is 0.249 e. The standard InChI is InChI=1S/C17H17BrN8O3S/c18-10-14(27)25-26-17-23-15(20-11-4-2-1-3-5-11)22-16(24-17)21-12-6-8-13(9-7-12)30(19,28)29/h1-9H,10H2,(H,25,27)(H2,19,28,29)(H3,20,21,22,23,24,26). The second-order valence-corrected chi connectivity index (χ2v) is 7.92. The number of nitrogens with two attached hydrogens (primary N) is 1. The van der Waals surface area contributed by atoms with Crippen LogP contribution in [0.3, 0.4) is 0 Å². The van der Waals surface area contributed by atoms with Gasteiger partial charge in [0.25, 0.3) is 0 Å². The lowest BCUT2D eigenvalue weighted by Gasteiger charge is -2.12. The van der Waals surface area contributed by atoms with Crippen molar-refractivity contribution in [3.63, 3.8) is 0 Å². The molecule has 0 radical (unpaired) electrons. The number of anilines is 5. The van der Waals surface area contributed by atoms with Gasteiger partial charge in [-0.1, -0.05) is 34.1 Å². The number of hydrogen-bond acceptors (Lipinski definition) is 9. The fourth-order valence-electron chi connectivity index (χ4n) is 2.21. The van der Waals surface area contributed by atoms with E-state index in [-0.39, 0.29) is 34.0 Å². The monoisotopic (exact) mass is 492 g/mol. The Bertz CT molecular complexity index is 1130. The lowest BCUT2D eigenvalue weighted by atomic mass is 10.3. The van der Waals surface area contributed by atoms with E-state index in [1.807, 2.05) is 30.3 Å². The van der Waals surface area contributed by atoms with Gasteiger partial charge in [0.15, 0.2) is 0 Å². The summed E-state index contributed by atoms with van der Waals surface area (Å²) in [6, 6.07) is 15.0. The summed E-state index contributed by atoms with van der Waals surface area (Å²) < 4.78 is 22.8. The van der Waals surface area contributed by atoms with Gasteiger partial charge in [0.2, 0.25) is 33.8 Å². The summed E-state index contributed by atoms with van der Waals surface area (Å²) in [6.45, 7) is 0. The number of hydrogen-bond donors (Lipinski definition) is 5. The molecule has 0 aliphatic rings. The van der Waals surface area contributed by atoms with Crippen molar-refractivity contribution >= 4 is 61.1 Å². The lowest BCUT2D eigenvalue weighted by molar-refractivity contribution is -0.118. The van der Waals surface area contributed by atoms with Gasteiger partial charge in [0.1, 0.15) is 0 Å². The molecular weight excluding hydrogens is 476 g/mol. The molecule has 0 saturated heterocycles. The van der Waals surface area contributed by atoms with Gasteiger partial charge < -0.3 is 10.6 Å². The molecule has 0 fully saturated rings. The average Bonchev–Trinajstić information content (AvgIpc) is 2.72. The Kier molecular flexibility index (Phi) is 6.76. The summed E-state index contributed by atoms with van der Waals surface area (Å²) in [4.78, 5) is 24.1. The summed E-state index contributed by atoms with van der Waals surface area (Å²) in [5.41, 5.74) is 6.31. The molecule has 1 amide bonds. The van der Waals surface area contributed by atoms with E-state index in [0.717, 1.165) is 5.69 Å². The van der Waals surface area contributed by atoms with E-state index in [2.05, 4.69) is 52.4 Å². The number of carbonyl (C=O) groups is 1. The topological polar surface area (TPSA) is 164 Å². The number of benzene rings is 2. The second-order valence-electron chi connectivity index (χ2n) is 5.80. The van der Waals surface area contributed by atoms with Crippen LogP contribution in [0.1, 0.15) is 0 Å². The molecule has 0 atom stereocenters. The molecular formula is C17H17BrN8O3S. The van der Waals surface area contributed by atoms with Crippen LogP contribution in [0.25, 0.3) is 0 Å². The molecule has 156 valence electrons. The number of sulfonamides is 1. The number of carbonyl (C=O) groups excluding carboxylic acids is 1. The normalized spacial score (nSPS) is 10.9. The van der Waals surface area contributed by atoms with E-state index in [1.165, 1.54) is 24.3 Å². The average molecular weight is 493 g/mol. The highest BCUT2D eigenvalue weighted by Crippen LogP contribution is 2.19. The van der Waals surface area contributed by atoms with E-state index < -0.39 is 10.0 Å². The third-order valence-corrected chi connectivity index (χ3v) is 4.98. The van der Waals surface area contributed by atoms with Crippen LogP contribution in [-0.4, -0.2) is 34.6 Å². The zero-order valence-corrected chi connectivity index (χ0v) is 17.7. The quantitative estimate of drug-likeness (QED) is 0.233. The second kappa shape index (κ2) is 9.47. The fraction of sp³-hybridized carbons (Fsp3) is 0.0588. The number of para-hydroxylation sites is 1. The molecule has 13 heteroatoms. The number of nitrogens with one attached hydrogen (secondary N) is 4.